The topological polar surface area (TPSA) is 0 Å². The van der Waals surface area contributed by atoms with Gasteiger partial charge in [-0.2, -0.15) is 0 Å². The molecule has 8 heavy (non-hydrogen) atoms. The van der Waals surface area contributed by atoms with Crippen molar-refractivity contribution in [2.45, 2.75) is 11.3 Å². The normalized spacial score (nSPS) is 23.8. The van der Waals surface area contributed by atoms with Gasteiger partial charge in [0.25, 0.3) is 0 Å². The number of rotatable bonds is 0. The molecule has 0 N–H and O–H groups in total. The fourth-order valence-electron chi connectivity index (χ4n) is 0.653. The van der Waals surface area contributed by atoms with Gasteiger partial charge in [-0.15, -0.1) is 18.5 Å². The quantitative estimate of drug-likeness (QED) is 0.456. The molecule has 0 aliphatic heterocycles. The van der Waals surface area contributed by atoms with E-state index in [2.05, 4.69) is 42.8 Å². The molecule has 0 aromatic carbocycles. The van der Waals surface area contributed by atoms with Gasteiger partial charge in [0.05, 0.1) is 0 Å². The fraction of sp³-hybridized carbons (Fsp3) is 0.333. The summed E-state index contributed by atoms with van der Waals surface area (Å²) in [6, 6.07) is 0. The maximum atomic E-state index is 2.79. The largest absolute Gasteiger partial charge is 0.123 e. The lowest BCUT2D eigenvalue weighted by molar-refractivity contribution is 0.992. The van der Waals surface area contributed by atoms with Gasteiger partial charge in [-0.25, -0.2) is 0 Å². The summed E-state index contributed by atoms with van der Waals surface area (Å²) in [5.74, 6) is 0. The predicted molar refractivity (Wildman–Crippen MR) is 45.0 cm³/mol. The zero-order chi connectivity index (χ0) is 6.04. The summed E-state index contributed by atoms with van der Waals surface area (Å²) in [7, 11) is 5.58. The molecule has 2 heteroatoms. The van der Waals surface area contributed by atoms with Gasteiger partial charge in [0, 0.05) is 4.90 Å². The van der Waals surface area contributed by atoms with Gasteiger partial charge in [0.2, 0.25) is 0 Å². The van der Waals surface area contributed by atoms with E-state index in [0.717, 1.165) is 6.42 Å². The van der Waals surface area contributed by atoms with Crippen molar-refractivity contribution in [2.75, 3.05) is 0 Å². The van der Waals surface area contributed by atoms with Crippen molar-refractivity contribution in [2.24, 2.45) is 0 Å². The van der Waals surface area contributed by atoms with Crippen LogP contribution in [0.25, 0.3) is 0 Å². The summed E-state index contributed by atoms with van der Waals surface area (Å²) < 4.78 is 0. The van der Waals surface area contributed by atoms with E-state index < -0.39 is 0 Å². The maximum Gasteiger partial charge on any atom is 0.0205 e. The highest BCUT2D eigenvalue weighted by molar-refractivity contribution is 7.40. The highest BCUT2D eigenvalue weighted by atomic mass is 31.1. The van der Waals surface area contributed by atoms with Gasteiger partial charge in [-0.1, -0.05) is 24.3 Å². The maximum absolute atomic E-state index is 2.79. The molecule has 0 aromatic heterocycles. The van der Waals surface area contributed by atoms with Crippen molar-refractivity contribution in [3.8, 4) is 0 Å². The van der Waals surface area contributed by atoms with Crippen LogP contribution in [0.1, 0.15) is 6.42 Å². The smallest absolute Gasteiger partial charge is 0.0205 e. The second-order valence-electron chi connectivity index (χ2n) is 2.10. The Labute approximate surface area is 54.8 Å². The summed E-state index contributed by atoms with van der Waals surface area (Å²) in [5, 5.41) is 0. The minimum atomic E-state index is 0.245. The SMILES string of the molecule is PC1(P)C=CC=CC1. The van der Waals surface area contributed by atoms with Gasteiger partial charge in [0.1, 0.15) is 0 Å². The molecule has 1 aliphatic carbocycles. The third-order valence-corrected chi connectivity index (χ3v) is 1.98. The van der Waals surface area contributed by atoms with Crippen LogP contribution in [0, 0.1) is 0 Å². The van der Waals surface area contributed by atoms with E-state index in [4.69, 9.17) is 0 Å². The first-order chi connectivity index (χ1) is 3.71. The Kier molecular flexibility index (Phi) is 1.85. The average molecular weight is 144 g/mol. The molecule has 1 aliphatic rings. The number of allylic oxidation sites excluding steroid dienone is 4. The van der Waals surface area contributed by atoms with E-state index in [1.165, 1.54) is 0 Å². The van der Waals surface area contributed by atoms with E-state index >= 15 is 0 Å². The molecule has 0 amide bonds. The minimum Gasteiger partial charge on any atom is -0.123 e. The van der Waals surface area contributed by atoms with Crippen LogP contribution in [0.5, 0.6) is 0 Å². The van der Waals surface area contributed by atoms with Gasteiger partial charge in [-0.05, 0) is 6.42 Å². The third-order valence-electron chi connectivity index (χ3n) is 1.13. The van der Waals surface area contributed by atoms with E-state index in [0.29, 0.717) is 0 Å². The van der Waals surface area contributed by atoms with Gasteiger partial charge in [-0.3, -0.25) is 0 Å². The Morgan fingerprint density at radius 1 is 1.25 bits per heavy atom. The standard InChI is InChI=1S/C6H10P2/c7-6(8)4-2-1-3-5-6/h1-4H,5,7-8H2. The molecule has 0 radical (unpaired) electrons. The Hall–Kier alpha value is 0.340. The van der Waals surface area contributed by atoms with Gasteiger partial charge >= 0.3 is 0 Å². The zero-order valence-corrected chi connectivity index (χ0v) is 6.98. The molecule has 0 spiro atoms. The number of hydrogen-bond donors (Lipinski definition) is 0. The van der Waals surface area contributed by atoms with E-state index in [9.17, 15) is 0 Å². The Morgan fingerprint density at radius 2 is 2.00 bits per heavy atom. The molecule has 0 bridgehead atoms. The molecule has 0 nitrogen and oxygen atoms in total. The summed E-state index contributed by atoms with van der Waals surface area (Å²) in [5.41, 5.74) is 0. The third kappa shape index (κ3) is 1.69. The highest BCUT2D eigenvalue weighted by Gasteiger charge is 2.12. The van der Waals surface area contributed by atoms with Crippen molar-refractivity contribution in [3.63, 3.8) is 0 Å². The van der Waals surface area contributed by atoms with Crippen LogP contribution in [0.3, 0.4) is 0 Å². The summed E-state index contributed by atoms with van der Waals surface area (Å²) in [6.07, 6.45) is 9.59. The molecule has 1 rings (SSSR count). The highest BCUT2D eigenvalue weighted by Crippen LogP contribution is 2.34. The minimum absolute atomic E-state index is 0.245. The predicted octanol–water partition coefficient (Wildman–Crippen LogP) is 1.95. The van der Waals surface area contributed by atoms with Crippen LogP contribution in [-0.2, 0) is 0 Å². The first-order valence-corrected chi connectivity index (χ1v) is 3.78. The number of hydrogen-bond acceptors (Lipinski definition) is 0. The molecule has 2 unspecified atom stereocenters. The second-order valence-corrected chi connectivity index (χ2v) is 4.92. The van der Waals surface area contributed by atoms with Crippen LogP contribution >= 0.6 is 18.5 Å². The van der Waals surface area contributed by atoms with E-state index in [1.807, 2.05) is 0 Å². The Bertz CT molecular complexity index is 133. The van der Waals surface area contributed by atoms with E-state index in [1.54, 1.807) is 0 Å². The average Bonchev–Trinajstić information content (AvgIpc) is 1.65. The van der Waals surface area contributed by atoms with Crippen LogP contribution in [0.4, 0.5) is 0 Å². The zero-order valence-electron chi connectivity index (χ0n) is 4.67. The van der Waals surface area contributed by atoms with Crippen molar-refractivity contribution < 1.29 is 0 Å². The van der Waals surface area contributed by atoms with Crippen molar-refractivity contribution in [1.29, 1.82) is 0 Å². The summed E-state index contributed by atoms with van der Waals surface area (Å²) >= 11 is 0. The van der Waals surface area contributed by atoms with Gasteiger partial charge in [0.15, 0.2) is 0 Å². The van der Waals surface area contributed by atoms with Crippen molar-refractivity contribution >= 4 is 18.5 Å². The lowest BCUT2D eigenvalue weighted by atomic mass is 10.2. The Balaban J connectivity index is 2.65. The monoisotopic (exact) mass is 144 g/mol. The Morgan fingerprint density at radius 3 is 2.25 bits per heavy atom. The van der Waals surface area contributed by atoms with E-state index in [-0.39, 0.29) is 4.90 Å². The molecule has 0 heterocycles. The fourth-order valence-corrected chi connectivity index (χ4v) is 1.15. The van der Waals surface area contributed by atoms with Crippen molar-refractivity contribution in [3.05, 3.63) is 24.3 Å². The molecular formula is C6H10P2. The summed E-state index contributed by atoms with van der Waals surface area (Å²) in [6.45, 7) is 0. The van der Waals surface area contributed by atoms with Crippen LogP contribution in [-0.4, -0.2) is 4.90 Å². The first-order valence-electron chi connectivity index (χ1n) is 2.63. The molecule has 0 saturated carbocycles. The van der Waals surface area contributed by atoms with Gasteiger partial charge < -0.3 is 0 Å². The van der Waals surface area contributed by atoms with Crippen molar-refractivity contribution in [1.82, 2.24) is 0 Å². The molecule has 0 fully saturated rings. The molecule has 0 saturated heterocycles. The summed E-state index contributed by atoms with van der Waals surface area (Å²) in [4.78, 5) is 0.245. The van der Waals surface area contributed by atoms with Crippen LogP contribution in [0.15, 0.2) is 24.3 Å². The second kappa shape index (κ2) is 2.29. The van der Waals surface area contributed by atoms with Crippen LogP contribution in [0.2, 0.25) is 0 Å². The first kappa shape index (κ1) is 6.46. The molecule has 2 atom stereocenters. The molecule has 44 valence electrons. The lowest BCUT2D eigenvalue weighted by Gasteiger charge is -2.18. The molecular weight excluding hydrogens is 134 g/mol. The lowest BCUT2D eigenvalue weighted by Crippen LogP contribution is -2.05. The molecule has 0 aromatic rings. The van der Waals surface area contributed by atoms with Crippen LogP contribution < -0.4 is 0 Å².